The lowest BCUT2D eigenvalue weighted by Crippen LogP contribution is -2.29. The Hall–Kier alpha value is -1.50. The van der Waals surface area contributed by atoms with Crippen molar-refractivity contribution < 1.29 is 4.74 Å². The quantitative estimate of drug-likeness (QED) is 0.627. The van der Waals surface area contributed by atoms with Gasteiger partial charge < -0.3 is 4.74 Å². The highest BCUT2D eigenvalue weighted by atomic mass is 32.1. The Bertz CT molecular complexity index is 514. The fourth-order valence-electron chi connectivity index (χ4n) is 2.04. The minimum Gasteiger partial charge on any atom is -0.493 e. The lowest BCUT2D eigenvalue weighted by molar-refractivity contribution is 0.357. The van der Waals surface area contributed by atoms with Crippen LogP contribution in [0.2, 0.25) is 0 Å². The predicted molar refractivity (Wildman–Crippen MR) is 64.7 cm³/mol. The predicted octanol–water partition coefficient (Wildman–Crippen LogP) is 1.03. The summed E-state index contributed by atoms with van der Waals surface area (Å²) in [6.07, 6.45) is 2.69. The molecule has 1 atom stereocenters. The highest BCUT2D eigenvalue weighted by Gasteiger charge is 2.19. The number of aromatic nitrogens is 2. The molecule has 2 heterocycles. The molecule has 0 fully saturated rings. The Balaban J connectivity index is 1.97. The average Bonchev–Trinajstić information content (AvgIpc) is 2.99. The second kappa shape index (κ2) is 4.40. The molecule has 0 aliphatic carbocycles. The molecule has 2 aromatic rings. The van der Waals surface area contributed by atoms with Gasteiger partial charge in [0.1, 0.15) is 5.75 Å². The number of hydrogen-bond donors (Lipinski definition) is 2. The van der Waals surface area contributed by atoms with Gasteiger partial charge in [-0.05, 0) is 23.3 Å². The van der Waals surface area contributed by atoms with E-state index in [2.05, 4.69) is 20.2 Å². The van der Waals surface area contributed by atoms with Gasteiger partial charge in [0.05, 0.1) is 36.3 Å². The van der Waals surface area contributed by atoms with Crippen LogP contribution >= 0.6 is 11.7 Å². The Morgan fingerprint density at radius 2 is 2.41 bits per heavy atom. The molecule has 6 heteroatoms. The van der Waals surface area contributed by atoms with E-state index in [4.69, 9.17) is 10.6 Å². The SMILES string of the molecule is NNC(c1ccc2c(c1)CCO2)c1cnsn1. The van der Waals surface area contributed by atoms with Crippen LogP contribution in [0.1, 0.15) is 22.9 Å². The van der Waals surface area contributed by atoms with Crippen molar-refractivity contribution in [2.24, 2.45) is 5.84 Å². The Morgan fingerprint density at radius 3 is 3.18 bits per heavy atom. The zero-order chi connectivity index (χ0) is 11.7. The van der Waals surface area contributed by atoms with Crippen LogP contribution in [0.5, 0.6) is 5.75 Å². The molecule has 88 valence electrons. The van der Waals surface area contributed by atoms with Crippen molar-refractivity contribution in [3.05, 3.63) is 41.2 Å². The van der Waals surface area contributed by atoms with Gasteiger partial charge in [-0.25, -0.2) is 5.43 Å². The molecule has 1 aliphatic rings. The van der Waals surface area contributed by atoms with E-state index in [1.807, 2.05) is 12.1 Å². The third-order valence-corrected chi connectivity index (χ3v) is 3.38. The van der Waals surface area contributed by atoms with E-state index in [1.165, 1.54) is 17.3 Å². The number of hydrazine groups is 1. The van der Waals surface area contributed by atoms with Gasteiger partial charge in [-0.1, -0.05) is 6.07 Å². The summed E-state index contributed by atoms with van der Waals surface area (Å²) < 4.78 is 13.7. The van der Waals surface area contributed by atoms with E-state index in [0.717, 1.165) is 30.0 Å². The number of hydrogen-bond acceptors (Lipinski definition) is 6. The second-order valence-corrected chi connectivity index (χ2v) is 4.45. The fraction of sp³-hybridized carbons (Fsp3) is 0.273. The summed E-state index contributed by atoms with van der Waals surface area (Å²) in [5, 5.41) is 0. The first kappa shape index (κ1) is 10.6. The number of fused-ring (bicyclic) bond motifs is 1. The van der Waals surface area contributed by atoms with Crippen molar-refractivity contribution in [3.63, 3.8) is 0 Å². The number of ether oxygens (including phenoxy) is 1. The Morgan fingerprint density at radius 1 is 1.47 bits per heavy atom. The highest BCUT2D eigenvalue weighted by Crippen LogP contribution is 2.29. The first-order valence-electron chi connectivity index (χ1n) is 5.37. The van der Waals surface area contributed by atoms with Crippen LogP contribution in [0.3, 0.4) is 0 Å². The van der Waals surface area contributed by atoms with Gasteiger partial charge in [-0.3, -0.25) is 5.84 Å². The molecule has 5 nitrogen and oxygen atoms in total. The van der Waals surface area contributed by atoms with Crippen molar-refractivity contribution in [3.8, 4) is 5.75 Å². The van der Waals surface area contributed by atoms with E-state index >= 15 is 0 Å². The average molecular weight is 248 g/mol. The molecular weight excluding hydrogens is 236 g/mol. The monoisotopic (exact) mass is 248 g/mol. The molecule has 1 aromatic carbocycles. The number of nitrogens with zero attached hydrogens (tertiary/aromatic N) is 2. The summed E-state index contributed by atoms with van der Waals surface area (Å²) >= 11 is 1.18. The van der Waals surface area contributed by atoms with Crippen LogP contribution < -0.4 is 16.0 Å². The summed E-state index contributed by atoms with van der Waals surface area (Å²) in [5.41, 5.74) is 5.93. The van der Waals surface area contributed by atoms with E-state index in [-0.39, 0.29) is 6.04 Å². The van der Waals surface area contributed by atoms with Crippen molar-refractivity contribution in [2.75, 3.05) is 6.61 Å². The molecule has 1 unspecified atom stereocenters. The molecule has 0 amide bonds. The summed E-state index contributed by atoms with van der Waals surface area (Å²) in [4.78, 5) is 0. The molecule has 0 bridgehead atoms. The molecule has 0 radical (unpaired) electrons. The lowest BCUT2D eigenvalue weighted by Gasteiger charge is -2.14. The molecule has 0 spiro atoms. The summed E-state index contributed by atoms with van der Waals surface area (Å²) in [6, 6.07) is 6.00. The van der Waals surface area contributed by atoms with Gasteiger partial charge in [0.15, 0.2) is 0 Å². The van der Waals surface area contributed by atoms with Gasteiger partial charge in [-0.15, -0.1) is 0 Å². The van der Waals surface area contributed by atoms with Crippen molar-refractivity contribution >= 4 is 11.7 Å². The number of nitrogens with two attached hydrogens (primary N) is 1. The molecule has 3 rings (SSSR count). The van der Waals surface area contributed by atoms with Crippen LogP contribution in [0.25, 0.3) is 0 Å². The van der Waals surface area contributed by atoms with E-state index in [9.17, 15) is 0 Å². The van der Waals surface area contributed by atoms with E-state index in [0.29, 0.717) is 0 Å². The largest absolute Gasteiger partial charge is 0.493 e. The summed E-state index contributed by atoms with van der Waals surface area (Å²) in [5.74, 6) is 6.57. The van der Waals surface area contributed by atoms with E-state index < -0.39 is 0 Å². The maximum Gasteiger partial charge on any atom is 0.122 e. The second-order valence-electron chi connectivity index (χ2n) is 3.90. The first-order chi connectivity index (χ1) is 8.38. The van der Waals surface area contributed by atoms with Gasteiger partial charge in [0.25, 0.3) is 0 Å². The van der Waals surface area contributed by atoms with Gasteiger partial charge in [0.2, 0.25) is 0 Å². The van der Waals surface area contributed by atoms with Crippen molar-refractivity contribution in [1.29, 1.82) is 0 Å². The van der Waals surface area contributed by atoms with Crippen molar-refractivity contribution in [1.82, 2.24) is 14.2 Å². The summed E-state index contributed by atoms with van der Waals surface area (Å²) in [7, 11) is 0. The van der Waals surface area contributed by atoms with Crippen molar-refractivity contribution in [2.45, 2.75) is 12.5 Å². The maximum atomic E-state index is 5.60. The normalized spacial score (nSPS) is 15.4. The van der Waals surface area contributed by atoms with Crippen LogP contribution in [-0.2, 0) is 6.42 Å². The fourth-order valence-corrected chi connectivity index (χ4v) is 2.49. The summed E-state index contributed by atoms with van der Waals surface area (Å²) in [6.45, 7) is 0.762. The van der Waals surface area contributed by atoms with Gasteiger partial charge in [0, 0.05) is 6.42 Å². The first-order valence-corrected chi connectivity index (χ1v) is 6.11. The molecule has 1 aliphatic heterocycles. The Kier molecular flexibility index (Phi) is 2.76. The van der Waals surface area contributed by atoms with Crippen LogP contribution in [-0.4, -0.2) is 15.4 Å². The molecule has 1 aromatic heterocycles. The minimum atomic E-state index is -0.111. The molecular formula is C11H12N4OS. The molecule has 3 N–H and O–H groups in total. The number of rotatable bonds is 3. The lowest BCUT2D eigenvalue weighted by atomic mass is 10.0. The molecule has 17 heavy (non-hydrogen) atoms. The third-order valence-electron chi connectivity index (χ3n) is 2.89. The van der Waals surface area contributed by atoms with Crippen LogP contribution in [0, 0.1) is 0 Å². The third kappa shape index (κ3) is 1.90. The zero-order valence-corrected chi connectivity index (χ0v) is 9.91. The Labute approximate surface area is 103 Å². The highest BCUT2D eigenvalue weighted by molar-refractivity contribution is 6.99. The number of nitrogens with one attached hydrogen (secondary N) is 1. The van der Waals surface area contributed by atoms with E-state index in [1.54, 1.807) is 6.20 Å². The van der Waals surface area contributed by atoms with Crippen LogP contribution in [0.4, 0.5) is 0 Å². The minimum absolute atomic E-state index is 0.111. The number of benzene rings is 1. The van der Waals surface area contributed by atoms with Gasteiger partial charge in [-0.2, -0.15) is 8.75 Å². The standard InChI is InChI=1S/C11H12N4OS/c12-14-11(9-6-13-17-15-9)8-1-2-10-7(5-8)3-4-16-10/h1-2,5-6,11,14H,3-4,12H2. The topological polar surface area (TPSA) is 73.1 Å². The molecule has 0 saturated heterocycles. The van der Waals surface area contributed by atoms with Crippen LogP contribution in [0.15, 0.2) is 24.4 Å². The maximum absolute atomic E-state index is 5.60. The smallest absolute Gasteiger partial charge is 0.122 e. The van der Waals surface area contributed by atoms with Gasteiger partial charge >= 0.3 is 0 Å². The molecule has 0 saturated carbocycles. The zero-order valence-electron chi connectivity index (χ0n) is 9.09.